The SMILES string of the molecule is Cc1cccc(Cl)c1NC(=O)/C=C\C(=O)O. The van der Waals surface area contributed by atoms with Crippen molar-refractivity contribution in [2.75, 3.05) is 5.32 Å². The summed E-state index contributed by atoms with van der Waals surface area (Å²) in [5.74, 6) is -1.70. The van der Waals surface area contributed by atoms with Crippen molar-refractivity contribution in [3.63, 3.8) is 0 Å². The summed E-state index contributed by atoms with van der Waals surface area (Å²) < 4.78 is 0. The number of carboxylic acids is 1. The highest BCUT2D eigenvalue weighted by Crippen LogP contribution is 2.24. The van der Waals surface area contributed by atoms with Gasteiger partial charge in [0.05, 0.1) is 10.7 Å². The Morgan fingerprint density at radius 3 is 2.62 bits per heavy atom. The van der Waals surface area contributed by atoms with Crippen molar-refractivity contribution in [2.45, 2.75) is 6.92 Å². The summed E-state index contributed by atoms with van der Waals surface area (Å²) in [4.78, 5) is 21.5. The van der Waals surface area contributed by atoms with Gasteiger partial charge in [-0.2, -0.15) is 0 Å². The number of hydrogen-bond acceptors (Lipinski definition) is 2. The van der Waals surface area contributed by atoms with Crippen LogP contribution in [0.15, 0.2) is 30.4 Å². The number of hydrogen-bond donors (Lipinski definition) is 2. The summed E-state index contributed by atoms with van der Waals surface area (Å²) in [6.45, 7) is 1.79. The molecule has 0 bridgehead atoms. The largest absolute Gasteiger partial charge is 0.478 e. The molecule has 16 heavy (non-hydrogen) atoms. The molecule has 84 valence electrons. The lowest BCUT2D eigenvalue weighted by molar-refractivity contribution is -0.131. The summed E-state index contributed by atoms with van der Waals surface area (Å²) >= 11 is 5.88. The monoisotopic (exact) mass is 239 g/mol. The molecule has 0 unspecified atom stereocenters. The minimum Gasteiger partial charge on any atom is -0.478 e. The van der Waals surface area contributed by atoms with E-state index in [0.717, 1.165) is 17.7 Å². The van der Waals surface area contributed by atoms with Crippen LogP contribution in [0.1, 0.15) is 5.56 Å². The Labute approximate surface area is 97.5 Å². The van der Waals surface area contributed by atoms with Crippen LogP contribution in [0.4, 0.5) is 5.69 Å². The fourth-order valence-electron chi connectivity index (χ4n) is 1.10. The number of halogens is 1. The Kier molecular flexibility index (Phi) is 4.08. The second-order valence-corrected chi connectivity index (χ2v) is 3.50. The van der Waals surface area contributed by atoms with Gasteiger partial charge in [-0.1, -0.05) is 23.7 Å². The second kappa shape index (κ2) is 5.32. The zero-order chi connectivity index (χ0) is 12.1. The van der Waals surface area contributed by atoms with E-state index in [-0.39, 0.29) is 0 Å². The minimum atomic E-state index is -1.17. The Morgan fingerprint density at radius 2 is 2.06 bits per heavy atom. The van der Waals surface area contributed by atoms with Gasteiger partial charge in [0.2, 0.25) is 5.91 Å². The van der Waals surface area contributed by atoms with Crippen LogP contribution in [0.25, 0.3) is 0 Å². The van der Waals surface area contributed by atoms with Gasteiger partial charge in [-0.3, -0.25) is 4.79 Å². The third-order valence-electron chi connectivity index (χ3n) is 1.85. The molecule has 1 rings (SSSR count). The average molecular weight is 240 g/mol. The summed E-state index contributed by atoms with van der Waals surface area (Å²) in [7, 11) is 0. The van der Waals surface area contributed by atoms with Gasteiger partial charge in [-0.15, -0.1) is 0 Å². The van der Waals surface area contributed by atoms with Crippen LogP contribution >= 0.6 is 11.6 Å². The lowest BCUT2D eigenvalue weighted by Crippen LogP contribution is -2.10. The maximum atomic E-state index is 11.3. The lowest BCUT2D eigenvalue weighted by atomic mass is 10.2. The number of aliphatic carboxylic acids is 1. The van der Waals surface area contributed by atoms with Crippen LogP contribution in [0.2, 0.25) is 5.02 Å². The molecule has 0 aliphatic carbocycles. The maximum absolute atomic E-state index is 11.3. The highest BCUT2D eigenvalue weighted by molar-refractivity contribution is 6.34. The molecule has 0 radical (unpaired) electrons. The molecule has 0 saturated carbocycles. The van der Waals surface area contributed by atoms with E-state index in [1.165, 1.54) is 0 Å². The average Bonchev–Trinajstić information content (AvgIpc) is 2.21. The highest BCUT2D eigenvalue weighted by atomic mass is 35.5. The van der Waals surface area contributed by atoms with Crippen LogP contribution in [-0.2, 0) is 9.59 Å². The van der Waals surface area contributed by atoms with Crippen molar-refractivity contribution in [3.05, 3.63) is 40.9 Å². The number of aryl methyl sites for hydroxylation is 1. The normalized spacial score (nSPS) is 10.4. The molecule has 5 heteroatoms. The van der Waals surface area contributed by atoms with Crippen LogP contribution < -0.4 is 5.32 Å². The third kappa shape index (κ3) is 3.40. The van der Waals surface area contributed by atoms with Crippen molar-refractivity contribution in [3.8, 4) is 0 Å². The van der Waals surface area contributed by atoms with Crippen LogP contribution in [-0.4, -0.2) is 17.0 Å². The van der Waals surface area contributed by atoms with E-state index in [2.05, 4.69) is 5.32 Å². The number of carbonyl (C=O) groups is 2. The zero-order valence-electron chi connectivity index (χ0n) is 8.53. The van der Waals surface area contributed by atoms with Crippen molar-refractivity contribution >= 4 is 29.2 Å². The molecule has 0 spiro atoms. The first kappa shape index (κ1) is 12.3. The van der Waals surface area contributed by atoms with E-state index in [1.54, 1.807) is 25.1 Å². The van der Waals surface area contributed by atoms with Crippen LogP contribution in [0.5, 0.6) is 0 Å². The summed E-state index contributed by atoms with van der Waals surface area (Å²) in [6, 6.07) is 5.20. The Morgan fingerprint density at radius 1 is 1.38 bits per heavy atom. The topological polar surface area (TPSA) is 66.4 Å². The first-order valence-electron chi connectivity index (χ1n) is 4.48. The molecule has 0 atom stereocenters. The molecular formula is C11H10ClNO3. The number of rotatable bonds is 3. The van der Waals surface area contributed by atoms with E-state index in [1.807, 2.05) is 0 Å². The highest BCUT2D eigenvalue weighted by Gasteiger charge is 2.05. The van der Waals surface area contributed by atoms with Gasteiger partial charge in [0.25, 0.3) is 0 Å². The van der Waals surface area contributed by atoms with Crippen molar-refractivity contribution in [1.29, 1.82) is 0 Å². The number of amides is 1. The van der Waals surface area contributed by atoms with Crippen molar-refractivity contribution < 1.29 is 14.7 Å². The van der Waals surface area contributed by atoms with Gasteiger partial charge in [0.15, 0.2) is 0 Å². The Balaban J connectivity index is 2.81. The zero-order valence-corrected chi connectivity index (χ0v) is 9.28. The standard InChI is InChI=1S/C11H10ClNO3/c1-7-3-2-4-8(12)11(7)13-9(14)5-6-10(15)16/h2-6H,1H3,(H,13,14)(H,15,16)/b6-5-. The van der Waals surface area contributed by atoms with E-state index in [0.29, 0.717) is 10.7 Å². The number of nitrogens with one attached hydrogen (secondary N) is 1. The van der Waals surface area contributed by atoms with Gasteiger partial charge < -0.3 is 10.4 Å². The van der Waals surface area contributed by atoms with E-state index >= 15 is 0 Å². The van der Waals surface area contributed by atoms with E-state index in [9.17, 15) is 9.59 Å². The predicted molar refractivity (Wildman–Crippen MR) is 61.6 cm³/mol. The fourth-order valence-corrected chi connectivity index (χ4v) is 1.37. The third-order valence-corrected chi connectivity index (χ3v) is 2.16. The summed E-state index contributed by atoms with van der Waals surface area (Å²) in [6.07, 6.45) is 1.70. The smallest absolute Gasteiger partial charge is 0.328 e. The van der Waals surface area contributed by atoms with Crippen LogP contribution in [0.3, 0.4) is 0 Å². The van der Waals surface area contributed by atoms with Crippen LogP contribution in [0, 0.1) is 6.92 Å². The van der Waals surface area contributed by atoms with Gasteiger partial charge in [-0.25, -0.2) is 4.79 Å². The molecule has 0 fully saturated rings. The van der Waals surface area contributed by atoms with Gasteiger partial charge in [0.1, 0.15) is 0 Å². The first-order chi connectivity index (χ1) is 7.50. The quantitative estimate of drug-likeness (QED) is 0.795. The number of para-hydroxylation sites is 1. The molecule has 0 saturated heterocycles. The van der Waals surface area contributed by atoms with Gasteiger partial charge in [0, 0.05) is 12.2 Å². The molecule has 0 heterocycles. The second-order valence-electron chi connectivity index (χ2n) is 3.09. The molecule has 4 nitrogen and oxygen atoms in total. The molecule has 0 aromatic heterocycles. The number of benzene rings is 1. The Hall–Kier alpha value is -1.81. The van der Waals surface area contributed by atoms with E-state index < -0.39 is 11.9 Å². The molecule has 1 amide bonds. The lowest BCUT2D eigenvalue weighted by Gasteiger charge is -2.07. The van der Waals surface area contributed by atoms with Crippen molar-refractivity contribution in [2.24, 2.45) is 0 Å². The van der Waals surface area contributed by atoms with Gasteiger partial charge >= 0.3 is 5.97 Å². The summed E-state index contributed by atoms with van der Waals surface area (Å²) in [5, 5.41) is 11.3. The number of carbonyl (C=O) groups excluding carboxylic acids is 1. The van der Waals surface area contributed by atoms with Crippen molar-refractivity contribution in [1.82, 2.24) is 0 Å². The van der Waals surface area contributed by atoms with E-state index in [4.69, 9.17) is 16.7 Å². The fraction of sp³-hybridized carbons (Fsp3) is 0.0909. The summed E-state index contributed by atoms with van der Waals surface area (Å²) in [5.41, 5.74) is 1.30. The molecule has 1 aromatic rings. The number of anilines is 1. The number of carboxylic acid groups (broad SMARTS) is 1. The molecule has 2 N–H and O–H groups in total. The predicted octanol–water partition coefficient (Wildman–Crippen LogP) is 2.23. The Bertz CT molecular complexity index is 434. The minimum absolute atomic E-state index is 0.414. The van der Waals surface area contributed by atoms with Gasteiger partial charge in [-0.05, 0) is 18.6 Å². The molecule has 0 aliphatic rings. The first-order valence-corrected chi connectivity index (χ1v) is 4.85. The molecule has 0 aliphatic heterocycles. The maximum Gasteiger partial charge on any atom is 0.328 e. The molecule has 1 aromatic carbocycles. The molecular weight excluding hydrogens is 230 g/mol.